The molecule has 3 aromatic heterocycles. The maximum atomic E-state index is 9.98. The molecule has 3 heterocycles. The Labute approximate surface area is 177 Å². The Morgan fingerprint density at radius 1 is 1.00 bits per heavy atom. The summed E-state index contributed by atoms with van der Waals surface area (Å²) >= 11 is 0. The lowest BCUT2D eigenvalue weighted by Crippen LogP contribution is -2.37. The number of pyridine rings is 1. The summed E-state index contributed by atoms with van der Waals surface area (Å²) in [6, 6.07) is 0. The van der Waals surface area contributed by atoms with Crippen LogP contribution in [-0.2, 0) is 19.3 Å². The van der Waals surface area contributed by atoms with Crippen molar-refractivity contribution in [3.8, 4) is 0 Å². The molecule has 7 nitrogen and oxygen atoms in total. The van der Waals surface area contributed by atoms with Crippen molar-refractivity contribution in [3.05, 3.63) is 23.1 Å². The Morgan fingerprint density at radius 3 is 2.30 bits per heavy atom. The minimum absolute atomic E-state index is 0.345. The maximum absolute atomic E-state index is 9.98. The second-order valence-corrected chi connectivity index (χ2v) is 9.08. The van der Waals surface area contributed by atoms with Crippen LogP contribution in [0.5, 0.6) is 0 Å². The number of hydrogen-bond donors (Lipinski definition) is 2. The summed E-state index contributed by atoms with van der Waals surface area (Å²) in [6.45, 7) is 8.57. The second-order valence-electron chi connectivity index (χ2n) is 9.08. The van der Waals surface area contributed by atoms with Gasteiger partial charge in [-0.05, 0) is 63.0 Å². The number of aliphatic hydroxyl groups excluding tert-OH is 2. The molecule has 0 spiro atoms. The summed E-state index contributed by atoms with van der Waals surface area (Å²) in [6.07, 6.45) is 5.76. The zero-order valence-corrected chi connectivity index (χ0v) is 18.4. The molecule has 162 valence electrons. The molecule has 30 heavy (non-hydrogen) atoms. The Bertz CT molecular complexity index is 1030. The van der Waals surface area contributed by atoms with Crippen molar-refractivity contribution < 1.29 is 14.6 Å². The third-order valence-electron chi connectivity index (χ3n) is 5.66. The number of hydrogen-bond acceptors (Lipinski definition) is 7. The number of nitrogens with zero attached hydrogens (tertiary/aromatic N) is 4. The molecule has 2 N–H and O–H groups in total. The molecule has 0 bridgehead atoms. The van der Waals surface area contributed by atoms with Crippen LogP contribution in [0.25, 0.3) is 22.2 Å². The fourth-order valence-electron chi connectivity index (χ4n) is 4.59. The van der Waals surface area contributed by atoms with Gasteiger partial charge in [0.2, 0.25) is 5.71 Å². The van der Waals surface area contributed by atoms with Crippen molar-refractivity contribution >= 4 is 28.0 Å². The van der Waals surface area contributed by atoms with Crippen LogP contribution in [-0.4, -0.2) is 50.5 Å². The zero-order chi connectivity index (χ0) is 21.4. The monoisotopic (exact) mass is 412 g/mol. The molecule has 0 unspecified atom stereocenters. The molecular formula is C23H32N4O3. The molecule has 2 atom stereocenters. The summed E-state index contributed by atoms with van der Waals surface area (Å²) in [5.74, 6) is 1.11. The molecule has 0 aromatic carbocycles. The third kappa shape index (κ3) is 4.01. The number of fused-ring (bicyclic) bond motifs is 5. The Hall–Kier alpha value is -2.25. The molecule has 0 saturated carbocycles. The number of aromatic nitrogens is 3. The van der Waals surface area contributed by atoms with Crippen LogP contribution in [0, 0.1) is 5.92 Å². The van der Waals surface area contributed by atoms with Crippen molar-refractivity contribution in [1.29, 1.82) is 0 Å². The molecule has 3 aromatic rings. The summed E-state index contributed by atoms with van der Waals surface area (Å²) in [7, 11) is 0. The maximum Gasteiger partial charge on any atom is 0.229 e. The highest BCUT2D eigenvalue weighted by molar-refractivity contribution is 6.06. The molecule has 0 aliphatic heterocycles. The number of anilines is 1. The van der Waals surface area contributed by atoms with Crippen LogP contribution in [0.3, 0.4) is 0 Å². The van der Waals surface area contributed by atoms with Crippen molar-refractivity contribution in [1.82, 2.24) is 15.0 Å². The van der Waals surface area contributed by atoms with E-state index in [0.29, 0.717) is 36.1 Å². The van der Waals surface area contributed by atoms with Crippen molar-refractivity contribution in [3.63, 3.8) is 0 Å². The van der Waals surface area contributed by atoms with Gasteiger partial charge in [0.1, 0.15) is 11.8 Å². The van der Waals surface area contributed by atoms with Crippen molar-refractivity contribution in [2.45, 2.75) is 72.0 Å². The Kier molecular flexibility index (Phi) is 5.93. The van der Waals surface area contributed by atoms with E-state index in [4.69, 9.17) is 9.40 Å². The average molecular weight is 413 g/mol. The topological polar surface area (TPSA) is 95.5 Å². The molecule has 4 rings (SSSR count). The Morgan fingerprint density at radius 2 is 1.67 bits per heavy atom. The van der Waals surface area contributed by atoms with Gasteiger partial charge in [-0.3, -0.25) is 0 Å². The molecule has 1 aliphatic rings. The molecule has 7 heteroatoms. The summed E-state index contributed by atoms with van der Waals surface area (Å²) in [5, 5.41) is 21.0. The van der Waals surface area contributed by atoms with Gasteiger partial charge in [-0.25, -0.2) is 15.0 Å². The van der Waals surface area contributed by atoms with E-state index in [0.717, 1.165) is 42.3 Å². The fourth-order valence-corrected chi connectivity index (χ4v) is 4.59. The van der Waals surface area contributed by atoms with Crippen LogP contribution >= 0.6 is 0 Å². The van der Waals surface area contributed by atoms with Crippen LogP contribution in [0.15, 0.2) is 10.7 Å². The molecule has 1 aliphatic carbocycles. The first-order chi connectivity index (χ1) is 14.3. The van der Waals surface area contributed by atoms with Gasteiger partial charge in [0.05, 0.1) is 17.6 Å². The quantitative estimate of drug-likeness (QED) is 0.614. The van der Waals surface area contributed by atoms with E-state index in [1.165, 1.54) is 17.5 Å². The zero-order valence-electron chi connectivity index (χ0n) is 18.4. The summed E-state index contributed by atoms with van der Waals surface area (Å²) < 4.78 is 6.27. The largest absolute Gasteiger partial charge is 0.432 e. The number of aryl methyl sites for hydroxylation is 1. The first-order valence-corrected chi connectivity index (χ1v) is 11.0. The molecule has 0 amide bonds. The summed E-state index contributed by atoms with van der Waals surface area (Å²) in [5.41, 5.74) is 5.81. The van der Waals surface area contributed by atoms with Crippen LogP contribution in [0.2, 0.25) is 0 Å². The highest BCUT2D eigenvalue weighted by atomic mass is 16.3. The lowest BCUT2D eigenvalue weighted by molar-refractivity contribution is 0.178. The van der Waals surface area contributed by atoms with E-state index >= 15 is 0 Å². The van der Waals surface area contributed by atoms with E-state index in [-0.39, 0.29) is 0 Å². The molecular weight excluding hydrogens is 380 g/mol. The van der Waals surface area contributed by atoms with Gasteiger partial charge in [-0.1, -0.05) is 13.8 Å². The minimum atomic E-state index is -0.568. The van der Waals surface area contributed by atoms with Gasteiger partial charge in [-0.2, -0.15) is 0 Å². The second kappa shape index (κ2) is 8.47. The standard InChI is InChI=1S/C23H32N4O3/c1-13(2)9-18-16-7-5-6-8-17(16)19-20-21(30-23(19)26-18)22(25-12-24-20)27(10-14(3)28)11-15(4)29/h12-15,28-29H,5-11H2,1-4H3/t14-,15-/m1/s1. The first kappa shape index (κ1) is 21.0. The predicted molar refractivity (Wildman–Crippen MR) is 118 cm³/mol. The SMILES string of the molecule is CC(C)Cc1nc2oc3c(N(C[C@@H](C)O)C[C@@H](C)O)ncnc3c2c2c1CCCC2. The van der Waals surface area contributed by atoms with Crippen LogP contribution in [0.4, 0.5) is 5.82 Å². The number of aliphatic hydroxyl groups is 2. The van der Waals surface area contributed by atoms with Gasteiger partial charge in [-0.15, -0.1) is 0 Å². The lowest BCUT2D eigenvalue weighted by atomic mass is 9.87. The van der Waals surface area contributed by atoms with Crippen molar-refractivity contribution in [2.24, 2.45) is 5.92 Å². The minimum Gasteiger partial charge on any atom is -0.432 e. The average Bonchev–Trinajstić information content (AvgIpc) is 3.05. The Balaban J connectivity index is 1.93. The predicted octanol–water partition coefficient (Wildman–Crippen LogP) is 3.42. The van der Waals surface area contributed by atoms with E-state index in [2.05, 4.69) is 23.8 Å². The first-order valence-electron chi connectivity index (χ1n) is 11.0. The van der Waals surface area contributed by atoms with Gasteiger partial charge in [0.15, 0.2) is 11.4 Å². The number of furan rings is 1. The van der Waals surface area contributed by atoms with E-state index in [9.17, 15) is 10.2 Å². The normalized spacial score (nSPS) is 16.2. The van der Waals surface area contributed by atoms with E-state index in [1.807, 2.05) is 4.90 Å². The highest BCUT2D eigenvalue weighted by Gasteiger charge is 2.26. The van der Waals surface area contributed by atoms with Gasteiger partial charge in [0, 0.05) is 18.8 Å². The molecule has 0 fully saturated rings. The molecule has 0 radical (unpaired) electrons. The van der Waals surface area contributed by atoms with E-state index in [1.54, 1.807) is 20.2 Å². The smallest absolute Gasteiger partial charge is 0.229 e. The fraction of sp³-hybridized carbons (Fsp3) is 0.609. The third-order valence-corrected chi connectivity index (χ3v) is 5.66. The van der Waals surface area contributed by atoms with Crippen molar-refractivity contribution in [2.75, 3.05) is 18.0 Å². The number of rotatable bonds is 7. The molecule has 0 saturated heterocycles. The van der Waals surface area contributed by atoms with Gasteiger partial charge >= 0.3 is 0 Å². The summed E-state index contributed by atoms with van der Waals surface area (Å²) in [4.78, 5) is 15.8. The van der Waals surface area contributed by atoms with Gasteiger partial charge < -0.3 is 19.5 Å². The van der Waals surface area contributed by atoms with E-state index < -0.39 is 12.2 Å². The van der Waals surface area contributed by atoms with Crippen LogP contribution < -0.4 is 4.90 Å². The van der Waals surface area contributed by atoms with Crippen LogP contribution in [0.1, 0.15) is 57.4 Å². The van der Waals surface area contributed by atoms with Gasteiger partial charge in [0.25, 0.3) is 0 Å². The lowest BCUT2D eigenvalue weighted by Gasteiger charge is -2.26. The highest BCUT2D eigenvalue weighted by Crippen LogP contribution is 2.38.